The summed E-state index contributed by atoms with van der Waals surface area (Å²) in [6.07, 6.45) is 0. The number of nitrogens with zero attached hydrogens (tertiary/aromatic N) is 1. The molecule has 0 saturated heterocycles. The van der Waals surface area contributed by atoms with E-state index in [9.17, 15) is 30.4 Å². The molecule has 0 aliphatic carbocycles. The first-order valence-corrected chi connectivity index (χ1v) is 16.6. The summed E-state index contributed by atoms with van der Waals surface area (Å²) in [5, 5.41) is 19.1. The molecule has 5 rings (SSSR count). The Morgan fingerprint density at radius 1 is 0.543 bits per heavy atom. The molecular weight excluding hydrogens is 665 g/mol. The molecule has 0 aliphatic rings. The summed E-state index contributed by atoms with van der Waals surface area (Å²) in [6, 6.07) is 19.0. The minimum Gasteiger partial charge on any atom is -0.505 e. The predicted molar refractivity (Wildman–Crippen MR) is 172 cm³/mol. The van der Waals surface area contributed by atoms with Gasteiger partial charge in [-0.3, -0.25) is 13.7 Å². The van der Waals surface area contributed by atoms with Gasteiger partial charge in [-0.25, -0.2) is 0 Å². The Morgan fingerprint density at radius 2 is 1.07 bits per heavy atom. The van der Waals surface area contributed by atoms with Crippen molar-refractivity contribution in [2.75, 3.05) is 28.7 Å². The molecule has 19 heteroatoms. The van der Waals surface area contributed by atoms with E-state index in [4.69, 9.17) is 47.6 Å². The molecule has 0 aromatic heterocycles. The van der Waals surface area contributed by atoms with Gasteiger partial charge in [-0.1, -0.05) is 6.07 Å². The van der Waals surface area contributed by atoms with Crippen LogP contribution in [0.5, 0.6) is 5.75 Å². The molecule has 0 fully saturated rings. The fourth-order valence-electron chi connectivity index (χ4n) is 3.98. The van der Waals surface area contributed by atoms with Crippen LogP contribution in [0.25, 0.3) is 21.5 Å². The molecule has 0 spiro atoms. The zero-order valence-corrected chi connectivity index (χ0v) is 25.7. The predicted octanol–water partition coefficient (Wildman–Crippen LogP) is 2.59. The van der Waals surface area contributed by atoms with Crippen molar-refractivity contribution < 1.29 is 44.0 Å². The number of benzene rings is 5. The number of anilines is 5. The SMILES string of the molecule is N#Cc1ccc(N)cc1.Nc1c(S(=O)(=O)O)cc2c(N)c(S(=O)(=O)O)ccc2c1O.Nc1ccc(N)c2cc(S(=O)(=O)O)ccc12. The Morgan fingerprint density at radius 3 is 1.57 bits per heavy atom. The van der Waals surface area contributed by atoms with Gasteiger partial charge in [0.25, 0.3) is 30.4 Å². The molecule has 242 valence electrons. The van der Waals surface area contributed by atoms with Crippen LogP contribution in [0.4, 0.5) is 28.4 Å². The molecule has 0 atom stereocenters. The van der Waals surface area contributed by atoms with Gasteiger partial charge >= 0.3 is 0 Å². The Labute approximate surface area is 262 Å². The second-order valence-corrected chi connectivity index (χ2v) is 13.5. The normalized spacial score (nSPS) is 11.5. The van der Waals surface area contributed by atoms with Crippen molar-refractivity contribution in [2.45, 2.75) is 14.7 Å². The highest BCUT2D eigenvalue weighted by molar-refractivity contribution is 7.86. The maximum absolute atomic E-state index is 11.2. The fraction of sp³-hybridized carbons (Fsp3) is 0. The molecule has 0 aliphatic heterocycles. The van der Waals surface area contributed by atoms with Gasteiger partial charge in [0, 0.05) is 38.6 Å². The summed E-state index contributed by atoms with van der Waals surface area (Å²) in [7, 11) is -13.6. The molecule has 5 aromatic rings. The lowest BCUT2D eigenvalue weighted by Gasteiger charge is -2.12. The van der Waals surface area contributed by atoms with Gasteiger partial charge in [-0.2, -0.15) is 30.5 Å². The summed E-state index contributed by atoms with van der Waals surface area (Å²) in [5.74, 6) is -0.686. The highest BCUT2D eigenvalue weighted by Crippen LogP contribution is 2.40. The number of nitrogen functional groups attached to an aromatic ring is 5. The van der Waals surface area contributed by atoms with Crippen molar-refractivity contribution in [3.8, 4) is 11.8 Å². The van der Waals surface area contributed by atoms with Gasteiger partial charge in [0.15, 0.2) is 0 Å². The fourth-order valence-corrected chi connectivity index (χ4v) is 5.75. The number of nitriles is 1. The van der Waals surface area contributed by atoms with E-state index in [1.165, 1.54) is 18.2 Å². The first-order chi connectivity index (χ1) is 21.2. The van der Waals surface area contributed by atoms with E-state index in [1.54, 1.807) is 36.4 Å². The number of nitrogens with two attached hydrogens (primary N) is 5. The Balaban J connectivity index is 0.000000203. The lowest BCUT2D eigenvalue weighted by molar-refractivity contribution is 0.473. The third-order valence-electron chi connectivity index (χ3n) is 6.25. The third kappa shape index (κ3) is 7.83. The van der Waals surface area contributed by atoms with Gasteiger partial charge < -0.3 is 33.8 Å². The van der Waals surface area contributed by atoms with Gasteiger partial charge in [-0.15, -0.1) is 0 Å². The number of hydrogen-bond acceptors (Lipinski definition) is 13. The summed E-state index contributed by atoms with van der Waals surface area (Å²) < 4.78 is 93.6. The van der Waals surface area contributed by atoms with E-state index in [1.807, 2.05) is 6.07 Å². The van der Waals surface area contributed by atoms with E-state index in [2.05, 4.69) is 0 Å². The summed E-state index contributed by atoms with van der Waals surface area (Å²) in [6.45, 7) is 0. The molecule has 16 nitrogen and oxygen atoms in total. The number of hydrogen-bond donors (Lipinski definition) is 9. The van der Waals surface area contributed by atoms with Crippen LogP contribution in [0.15, 0.2) is 87.5 Å². The lowest BCUT2D eigenvalue weighted by atomic mass is 10.1. The van der Waals surface area contributed by atoms with E-state index in [-0.39, 0.29) is 15.7 Å². The molecular formula is C27H26N6O10S3. The molecule has 0 unspecified atom stereocenters. The maximum atomic E-state index is 11.2. The number of aromatic hydroxyl groups is 1. The molecule has 14 N–H and O–H groups in total. The average molecular weight is 691 g/mol. The number of phenolic OH excluding ortho intramolecular Hbond substituents is 1. The standard InChI is InChI=1S/C10H10N2O7S2.C10H10N2O3S.C7H6N2/c11-8-5-3-7(21(17,18)19)9(12)10(13)4(5)1-2-6(8)20(14,15)16;11-9-3-4-10(12)8-5-6(16(13,14)15)1-2-7(8)9;8-5-6-1-3-7(9)4-2-6/h1-3,13H,11-12H2,(H,14,15,16)(H,17,18,19);1-5H,11-12H2,(H,13,14,15);1-4H,9H2. The van der Waals surface area contributed by atoms with Crippen LogP contribution in [-0.2, 0) is 30.4 Å². The third-order valence-corrected chi connectivity index (χ3v) is 8.90. The van der Waals surface area contributed by atoms with Gasteiger partial charge in [0.05, 0.1) is 27.9 Å². The average Bonchev–Trinajstić information content (AvgIpc) is 2.96. The van der Waals surface area contributed by atoms with Crippen molar-refractivity contribution in [3.05, 3.63) is 78.4 Å². The topological polar surface area (TPSA) is 337 Å². The second kappa shape index (κ2) is 12.9. The maximum Gasteiger partial charge on any atom is 0.296 e. The van der Waals surface area contributed by atoms with E-state index >= 15 is 0 Å². The van der Waals surface area contributed by atoms with Crippen LogP contribution in [-0.4, -0.2) is 44.0 Å². The van der Waals surface area contributed by atoms with Crippen molar-refractivity contribution in [3.63, 3.8) is 0 Å². The Hall–Kier alpha value is -5.36. The van der Waals surface area contributed by atoms with Crippen LogP contribution in [0.2, 0.25) is 0 Å². The van der Waals surface area contributed by atoms with E-state index in [0.29, 0.717) is 33.4 Å². The number of fused-ring (bicyclic) bond motifs is 2. The zero-order valence-electron chi connectivity index (χ0n) is 23.2. The molecule has 0 saturated carbocycles. The van der Waals surface area contributed by atoms with Gasteiger partial charge in [-0.05, 0) is 66.7 Å². The quantitative estimate of drug-likeness (QED) is 0.0746. The second-order valence-electron chi connectivity index (χ2n) is 9.32. The van der Waals surface area contributed by atoms with Gasteiger partial charge in [0.2, 0.25) is 0 Å². The highest BCUT2D eigenvalue weighted by Gasteiger charge is 2.23. The number of rotatable bonds is 3. The molecule has 46 heavy (non-hydrogen) atoms. The first kappa shape index (κ1) is 35.1. The first-order valence-electron chi connectivity index (χ1n) is 12.3. The van der Waals surface area contributed by atoms with Crippen LogP contribution in [0.1, 0.15) is 5.56 Å². The van der Waals surface area contributed by atoms with Crippen LogP contribution >= 0.6 is 0 Å². The molecule has 5 aromatic carbocycles. The molecule has 0 bridgehead atoms. The largest absolute Gasteiger partial charge is 0.505 e. The van der Waals surface area contributed by atoms with Crippen molar-refractivity contribution in [1.29, 1.82) is 5.26 Å². The molecule has 0 heterocycles. The summed E-state index contributed by atoms with van der Waals surface area (Å²) >= 11 is 0. The molecule has 0 amide bonds. The van der Waals surface area contributed by atoms with Crippen LogP contribution in [0, 0.1) is 11.3 Å². The zero-order chi connectivity index (χ0) is 34.8. The Kier molecular flexibility index (Phi) is 9.88. The van der Waals surface area contributed by atoms with Crippen LogP contribution < -0.4 is 28.7 Å². The van der Waals surface area contributed by atoms with E-state index < -0.39 is 57.3 Å². The monoisotopic (exact) mass is 690 g/mol. The minimum atomic E-state index is -4.77. The van der Waals surface area contributed by atoms with Crippen molar-refractivity contribution in [2.24, 2.45) is 0 Å². The lowest BCUT2D eigenvalue weighted by Crippen LogP contribution is -2.06. The van der Waals surface area contributed by atoms with Crippen molar-refractivity contribution in [1.82, 2.24) is 0 Å². The van der Waals surface area contributed by atoms with Crippen molar-refractivity contribution >= 4 is 80.3 Å². The minimum absolute atomic E-state index is 0.0372. The van der Waals surface area contributed by atoms with Crippen LogP contribution in [0.3, 0.4) is 0 Å². The Bertz CT molecular complexity index is 2360. The smallest absolute Gasteiger partial charge is 0.296 e. The van der Waals surface area contributed by atoms with E-state index in [0.717, 1.165) is 18.2 Å². The highest BCUT2D eigenvalue weighted by atomic mass is 32.2. The summed E-state index contributed by atoms with van der Waals surface area (Å²) in [5.41, 5.74) is 28.9. The van der Waals surface area contributed by atoms with Gasteiger partial charge in [0.1, 0.15) is 15.5 Å². The number of phenols is 1. The summed E-state index contributed by atoms with van der Waals surface area (Å²) in [4.78, 5) is -1.69. The molecule has 0 radical (unpaired) electrons.